The van der Waals surface area contributed by atoms with Crippen LogP contribution >= 0.6 is 0 Å². The Morgan fingerprint density at radius 3 is 0.805 bits per heavy atom. The van der Waals surface area contributed by atoms with Gasteiger partial charge in [-0.2, -0.15) is 0 Å². The maximum absolute atomic E-state index is 14.1. The molecule has 0 aliphatic carbocycles. The molecular weight excluding hydrogens is 1680 g/mol. The van der Waals surface area contributed by atoms with Crippen LogP contribution in [0.5, 0.6) is 0 Å². The Bertz CT molecular complexity index is 4920. The predicted molar refractivity (Wildman–Crippen MR) is 507 cm³/mol. The van der Waals surface area contributed by atoms with Crippen LogP contribution in [0.2, 0.25) is 0 Å². The molecule has 0 spiro atoms. The second-order valence-electron chi connectivity index (χ2n) is 34.8. The standard InChI is InChI=1S/C35H42N4O4.C34H40N4O4.C22H19NO2.C13H25N3O3.CH3F.Li.H2O/c1-26(2)31(33(41)43-4)36(3)34(42)38-22-14-21-37(23-24-38)32(40)30-25-39(30)35(27-15-8-5-9-16-27,28-17-10-6-11-18-28)29-19-12-7-13-20-29;1-25(2)30(32(40)41)35(3)33(42)37-21-13-20-36(22-23-37)31(39)29-24-38(29)34(26-14-7-4-8-15-26,27-16-9-5-10-17-27)28-18-11-6-12-19-28;24-21(25)20-16-23(20)22(17-10-4-1-5-11-17,18-12-6-2-7-13-18)19-14-8-3-9-15-19;1-10(2)11(12(17)19-4)15(3)13(18)16-8-5-6-14-7-9-16;1-2;;/h5-13,15-20,26,30-31H,14,21-25H2,1-4H3;4-12,14-19,25,29-30H,13,20-24H2,1-3H3,(H,40,41);1-15,20H,16H2,(H,24,25);10-11,14H,5-9H2,1-4H3;1H3;;1H2/q;;;;;+1;/p-1/t30-,31-,39?;29-,30-,38?;20-,23?;11-;;;/m0000.../s1/i;;;;1D;;. The van der Waals surface area contributed by atoms with Crippen LogP contribution in [-0.4, -0.2) is 300 Å². The predicted octanol–water partition coefficient (Wildman–Crippen LogP) is 10.5. The van der Waals surface area contributed by atoms with Gasteiger partial charge < -0.3 is 69.7 Å². The minimum atomic E-state index is -1.01. The zero-order valence-corrected chi connectivity index (χ0v) is 78.7. The number of methoxy groups -OCH3 is 2. The summed E-state index contributed by atoms with van der Waals surface area (Å²) in [5, 5.41) is 22.5. The Hall–Kier alpha value is -12.1. The second kappa shape index (κ2) is 49.1. The van der Waals surface area contributed by atoms with Crippen molar-refractivity contribution in [2.24, 2.45) is 17.8 Å². The Kier molecular flexibility index (Phi) is 38.0. The van der Waals surface area contributed by atoms with Crippen molar-refractivity contribution in [2.75, 3.05) is 141 Å². The van der Waals surface area contributed by atoms with Crippen molar-refractivity contribution in [3.63, 3.8) is 0 Å². The molecule has 0 saturated carbocycles. The molecular formula is C105H130FLiN12O14. The maximum Gasteiger partial charge on any atom is 1.00 e. The number of nitrogens with one attached hydrogen (secondary N) is 1. The van der Waals surface area contributed by atoms with Crippen LogP contribution in [0.25, 0.3) is 0 Å². The molecule has 0 radical (unpaired) electrons. The minimum Gasteiger partial charge on any atom is -0.870 e. The zero-order valence-electron chi connectivity index (χ0n) is 79.7. The van der Waals surface area contributed by atoms with Crippen LogP contribution in [0.4, 0.5) is 18.8 Å². The number of ether oxygens (including phenoxy) is 2. The molecule has 9 atom stereocenters. The van der Waals surface area contributed by atoms with E-state index in [1.165, 1.54) is 28.9 Å². The van der Waals surface area contributed by atoms with Gasteiger partial charge in [-0.1, -0.05) is 315 Å². The first kappa shape index (κ1) is 103. The van der Waals surface area contributed by atoms with Crippen LogP contribution in [0.3, 0.4) is 0 Å². The number of esters is 2. The van der Waals surface area contributed by atoms with Gasteiger partial charge in [0, 0.05) is 113 Å². The Balaban J connectivity index is 0.000000206. The fourth-order valence-corrected chi connectivity index (χ4v) is 19.3. The first-order chi connectivity index (χ1) is 63.7. The van der Waals surface area contributed by atoms with Gasteiger partial charge in [0.25, 0.3) is 0 Å². The molecule has 6 heterocycles. The van der Waals surface area contributed by atoms with E-state index in [0.29, 0.717) is 91.4 Å². The van der Waals surface area contributed by atoms with Gasteiger partial charge in [-0.3, -0.25) is 33.5 Å². The van der Waals surface area contributed by atoms with E-state index in [4.69, 9.17) is 10.8 Å². The van der Waals surface area contributed by atoms with E-state index in [1.54, 1.807) is 49.7 Å². The van der Waals surface area contributed by atoms with Crippen LogP contribution in [0.15, 0.2) is 273 Å². The maximum atomic E-state index is 14.1. The van der Waals surface area contributed by atoms with E-state index in [0.717, 1.165) is 76.1 Å². The smallest absolute Gasteiger partial charge is 0.870 e. The largest absolute Gasteiger partial charge is 1.00 e. The Morgan fingerprint density at radius 1 is 0.353 bits per heavy atom. The first-order valence-corrected chi connectivity index (χ1v) is 45.3. The number of amides is 8. The van der Waals surface area contributed by atoms with Crippen molar-refractivity contribution in [3.8, 4) is 0 Å². The number of benzene rings is 9. The summed E-state index contributed by atoms with van der Waals surface area (Å²) in [5.41, 5.74) is 8.03. The van der Waals surface area contributed by atoms with Gasteiger partial charge in [-0.05, 0) is 93.6 Å². The molecule has 6 fully saturated rings. The molecule has 133 heavy (non-hydrogen) atoms. The molecule has 26 nitrogen and oxygen atoms in total. The van der Waals surface area contributed by atoms with E-state index >= 15 is 0 Å². The molecule has 4 N–H and O–H groups in total. The third-order valence-corrected chi connectivity index (χ3v) is 25.7. The minimum absolute atomic E-state index is 0. The number of halogens is 1. The summed E-state index contributed by atoms with van der Waals surface area (Å²) >= 11 is 0. The number of carboxylic acids is 2. The number of hydrogen-bond acceptors (Lipinski definition) is 16. The third-order valence-electron chi connectivity index (χ3n) is 25.7. The van der Waals surface area contributed by atoms with Crippen molar-refractivity contribution in [2.45, 2.75) is 114 Å². The van der Waals surface area contributed by atoms with E-state index in [1.807, 2.05) is 165 Å². The van der Waals surface area contributed by atoms with Crippen molar-refractivity contribution in [1.29, 1.82) is 0 Å². The number of nitrogens with zero attached hydrogens (tertiary/aromatic N) is 11. The molecule has 0 bridgehead atoms. The number of alkyl halides is 1. The third kappa shape index (κ3) is 23.8. The van der Waals surface area contributed by atoms with Crippen molar-refractivity contribution >= 4 is 53.8 Å². The molecule has 28 heteroatoms. The monoisotopic (exact) mass is 1810 g/mol. The summed E-state index contributed by atoms with van der Waals surface area (Å²) in [6.07, 6.45) is 2.24. The van der Waals surface area contributed by atoms with Gasteiger partial charge in [0.2, 0.25) is 11.8 Å². The zero-order chi connectivity index (χ0) is 94.8. The fraction of sp³-hybridized carbons (Fsp3) is 0.400. The molecule has 15 rings (SSSR count). The average Bonchev–Trinajstić information content (AvgIpc) is 1.56. The molecule has 8 amide bonds. The van der Waals surface area contributed by atoms with Crippen LogP contribution in [-0.2, 0) is 54.9 Å². The Morgan fingerprint density at radius 2 is 0.571 bits per heavy atom. The van der Waals surface area contributed by atoms with E-state index in [2.05, 4.69) is 166 Å². The molecule has 0 aromatic heterocycles. The van der Waals surface area contributed by atoms with Gasteiger partial charge >= 0.3 is 60.8 Å². The van der Waals surface area contributed by atoms with E-state index in [9.17, 15) is 57.8 Å². The van der Waals surface area contributed by atoms with Gasteiger partial charge in [-0.25, -0.2) is 28.8 Å². The molecule has 9 aromatic carbocycles. The van der Waals surface area contributed by atoms with Crippen molar-refractivity contribution in [1.82, 2.24) is 59.2 Å². The van der Waals surface area contributed by atoms with Crippen LogP contribution in [0.1, 0.15) is 112 Å². The number of likely N-dealkylation sites (N-methyl/N-ethyl adjacent to an activating group) is 3. The normalized spacial score (nSPS) is 18.8. The summed E-state index contributed by atoms with van der Waals surface area (Å²) < 4.78 is 25.3. The molecule has 702 valence electrons. The van der Waals surface area contributed by atoms with E-state index < -0.39 is 65.8 Å². The van der Waals surface area contributed by atoms with Gasteiger partial charge in [0.05, 0.1) is 39.4 Å². The SMILES string of the molecule is CC(C)[C@@H](C(=O)O)N(C)C(=O)N1CCCN(C(=O)[C@@H]2CN2C(c2ccccc2)(c2ccccc2)c2ccccc2)CC1.COC(=O)[C@H](C(C)C)N(C)C(=O)N1CCCN(C(=O)[C@@H]2CN2C(c2ccccc2)(c2ccccc2)c2ccccc2)CC1.COC(=O)[C@H](C(C)C)N(C)C(=O)N1CCCNCC1.O=C(O)[C@@H]1CN1C(c1ccccc1)(c1ccccc1)c1ccccc1.[2H]CF.[Li+].[OH-]. The summed E-state index contributed by atoms with van der Waals surface area (Å²) in [6.45, 7) is 19.9. The van der Waals surface area contributed by atoms with Gasteiger partial charge in [0.15, 0.2) is 0 Å². The second-order valence-corrected chi connectivity index (χ2v) is 34.8. The van der Waals surface area contributed by atoms with Gasteiger partial charge in [0.1, 0.15) is 36.3 Å². The number of rotatable bonds is 24. The number of hydrogen-bond donors (Lipinski definition) is 3. The molecule has 6 saturated heterocycles. The van der Waals surface area contributed by atoms with Crippen molar-refractivity contribution < 1.29 is 92.9 Å². The molecule has 3 unspecified atom stereocenters. The topological polar surface area (TPSA) is 290 Å². The number of carboxylic acid groups (broad SMARTS) is 2. The van der Waals surface area contributed by atoms with Gasteiger partial charge in [-0.15, -0.1) is 0 Å². The first-order valence-electron chi connectivity index (χ1n) is 46.0. The number of aliphatic carboxylic acids is 2. The molecule has 6 aliphatic heterocycles. The molecule has 9 aromatic rings. The number of carbonyl (C=O) groups excluding carboxylic acids is 7. The van der Waals surface area contributed by atoms with Crippen molar-refractivity contribution in [3.05, 3.63) is 323 Å². The summed E-state index contributed by atoms with van der Waals surface area (Å²) in [7, 11) is 6.56. The molecule has 6 aliphatic rings. The summed E-state index contributed by atoms with van der Waals surface area (Å²) in [5.74, 6) is -2.71. The summed E-state index contributed by atoms with van der Waals surface area (Å²) in [6, 6.07) is 89.0. The quantitative estimate of drug-likeness (QED) is 0.0219. The number of urea groups is 3. The van der Waals surface area contributed by atoms with Crippen LogP contribution in [0, 0.1) is 17.8 Å². The fourth-order valence-electron chi connectivity index (χ4n) is 19.3. The average molecular weight is 1810 g/mol. The summed E-state index contributed by atoms with van der Waals surface area (Å²) in [4.78, 5) is 135. The van der Waals surface area contributed by atoms with E-state index in [-0.39, 0.29) is 90.1 Å². The van der Waals surface area contributed by atoms with Crippen LogP contribution < -0.4 is 24.2 Å². The Labute approximate surface area is 796 Å². The number of carbonyl (C=O) groups is 9.